The molecule has 0 aliphatic carbocycles. The molecule has 1 aromatic heterocycles. The summed E-state index contributed by atoms with van der Waals surface area (Å²) in [6.45, 7) is 2.52. The van der Waals surface area contributed by atoms with Gasteiger partial charge in [0.05, 0.1) is 12.1 Å². The summed E-state index contributed by atoms with van der Waals surface area (Å²) in [7, 11) is 5.53. The quantitative estimate of drug-likeness (QED) is 0.807. The minimum Gasteiger partial charge on any atom is -0.348 e. The van der Waals surface area contributed by atoms with Crippen LogP contribution in [0.4, 0.5) is 15.6 Å². The molecule has 2 aliphatic rings. The Labute approximate surface area is 179 Å². The Balaban J connectivity index is 1.53. The van der Waals surface area contributed by atoms with Gasteiger partial charge in [-0.1, -0.05) is 11.6 Å². The van der Waals surface area contributed by atoms with Gasteiger partial charge in [0.2, 0.25) is 5.91 Å². The van der Waals surface area contributed by atoms with Gasteiger partial charge >= 0.3 is 6.03 Å². The third kappa shape index (κ3) is 3.84. The van der Waals surface area contributed by atoms with Crippen molar-refractivity contribution in [1.29, 1.82) is 0 Å². The summed E-state index contributed by atoms with van der Waals surface area (Å²) in [5.41, 5.74) is 2.62. The van der Waals surface area contributed by atoms with Crippen LogP contribution in [0.1, 0.15) is 17.7 Å². The number of hydrogen-bond donors (Lipinski definition) is 1. The van der Waals surface area contributed by atoms with Gasteiger partial charge in [-0.3, -0.25) is 15.0 Å². The molecule has 1 spiro atoms. The highest BCUT2D eigenvalue weighted by atomic mass is 35.5. The van der Waals surface area contributed by atoms with Crippen molar-refractivity contribution in [3.05, 3.63) is 39.9 Å². The average molecular weight is 434 g/mol. The molecule has 1 atom stereocenters. The molecule has 3 heterocycles. The van der Waals surface area contributed by atoms with E-state index >= 15 is 0 Å². The largest absolute Gasteiger partial charge is 0.348 e. The number of fused-ring (bicyclic) bond motifs is 2. The zero-order valence-electron chi connectivity index (χ0n) is 16.7. The number of thiazole rings is 1. The highest BCUT2D eigenvalue weighted by Gasteiger charge is 2.48. The third-order valence-corrected chi connectivity index (χ3v) is 6.71. The predicted molar refractivity (Wildman–Crippen MR) is 116 cm³/mol. The number of likely N-dealkylation sites (N-methyl/N-ethyl adjacent to an activating group) is 2. The van der Waals surface area contributed by atoms with Crippen molar-refractivity contribution in [2.24, 2.45) is 0 Å². The second kappa shape index (κ2) is 7.59. The van der Waals surface area contributed by atoms with E-state index in [0.717, 1.165) is 30.8 Å². The first-order valence-electron chi connectivity index (χ1n) is 9.49. The van der Waals surface area contributed by atoms with Gasteiger partial charge in [0.15, 0.2) is 5.13 Å². The molecule has 1 fully saturated rings. The summed E-state index contributed by atoms with van der Waals surface area (Å²) in [5.74, 6) is -0.0224. The lowest BCUT2D eigenvalue weighted by atomic mass is 9.81. The summed E-state index contributed by atoms with van der Waals surface area (Å²) < 4.78 is 0. The Morgan fingerprint density at radius 3 is 2.83 bits per heavy atom. The van der Waals surface area contributed by atoms with Crippen molar-refractivity contribution in [3.8, 4) is 0 Å². The van der Waals surface area contributed by atoms with Crippen LogP contribution in [0.3, 0.4) is 0 Å². The maximum atomic E-state index is 13.1. The van der Waals surface area contributed by atoms with Crippen LogP contribution in [-0.2, 0) is 16.6 Å². The molecule has 29 heavy (non-hydrogen) atoms. The van der Waals surface area contributed by atoms with Crippen molar-refractivity contribution in [3.63, 3.8) is 0 Å². The Hall–Kier alpha value is -2.16. The number of carbonyl (C=O) groups excluding carboxylic acids is 2. The first kappa shape index (κ1) is 20.1. The molecule has 2 aliphatic heterocycles. The van der Waals surface area contributed by atoms with E-state index in [2.05, 4.69) is 22.2 Å². The first-order chi connectivity index (χ1) is 13.8. The number of benzene rings is 1. The Morgan fingerprint density at radius 1 is 1.34 bits per heavy atom. The molecule has 154 valence electrons. The first-order valence-corrected chi connectivity index (χ1v) is 10.7. The van der Waals surface area contributed by atoms with E-state index in [9.17, 15) is 9.59 Å². The zero-order chi connectivity index (χ0) is 20.8. The lowest BCUT2D eigenvalue weighted by Gasteiger charge is -2.25. The smallest absolute Gasteiger partial charge is 0.328 e. The molecule has 0 saturated carbocycles. The summed E-state index contributed by atoms with van der Waals surface area (Å²) in [5, 5.41) is 5.90. The van der Waals surface area contributed by atoms with E-state index in [4.69, 9.17) is 11.6 Å². The highest BCUT2D eigenvalue weighted by Crippen LogP contribution is 2.47. The van der Waals surface area contributed by atoms with Crippen LogP contribution in [-0.4, -0.2) is 67.5 Å². The van der Waals surface area contributed by atoms with E-state index in [0.29, 0.717) is 22.4 Å². The third-order valence-electron chi connectivity index (χ3n) is 5.67. The van der Waals surface area contributed by atoms with Crippen molar-refractivity contribution < 1.29 is 9.59 Å². The van der Waals surface area contributed by atoms with Crippen LogP contribution in [0.15, 0.2) is 23.6 Å². The fraction of sp³-hybridized carbons (Fsp3) is 0.450. The molecule has 7 nitrogen and oxygen atoms in total. The zero-order valence-corrected chi connectivity index (χ0v) is 18.3. The predicted octanol–water partition coefficient (Wildman–Crippen LogP) is 3.05. The van der Waals surface area contributed by atoms with Crippen molar-refractivity contribution in [1.82, 2.24) is 14.8 Å². The number of amides is 3. The van der Waals surface area contributed by atoms with Crippen molar-refractivity contribution >= 4 is 45.7 Å². The molecular formula is C20H24ClN5O2S. The average Bonchev–Trinajstić information content (AvgIpc) is 3.34. The van der Waals surface area contributed by atoms with E-state index in [1.165, 1.54) is 16.2 Å². The standard InChI is InChI=1S/C20H24ClN5O2S/c1-24(2)17(27)9-14-10-29-18(22-14)23-19(28)26-12-20(6-7-25(3)11-20)15-8-13(21)4-5-16(15)26/h4-5,8,10H,6-7,9,11-12H2,1-3H3,(H,22,23,28). The Bertz CT molecular complexity index is 962. The van der Waals surface area contributed by atoms with E-state index in [1.54, 1.807) is 19.0 Å². The fourth-order valence-electron chi connectivity index (χ4n) is 4.17. The van der Waals surface area contributed by atoms with E-state index in [-0.39, 0.29) is 23.8 Å². The number of likely N-dealkylation sites (tertiary alicyclic amines) is 1. The molecule has 1 unspecified atom stereocenters. The van der Waals surface area contributed by atoms with E-state index in [1.807, 2.05) is 23.6 Å². The lowest BCUT2D eigenvalue weighted by molar-refractivity contribution is -0.128. The molecule has 0 radical (unpaired) electrons. The van der Waals surface area contributed by atoms with Crippen LogP contribution in [0, 0.1) is 0 Å². The van der Waals surface area contributed by atoms with Gasteiger partial charge in [-0.2, -0.15) is 0 Å². The summed E-state index contributed by atoms with van der Waals surface area (Å²) in [6, 6.07) is 5.54. The number of urea groups is 1. The summed E-state index contributed by atoms with van der Waals surface area (Å²) in [4.78, 5) is 35.0. The topological polar surface area (TPSA) is 68.8 Å². The minimum atomic E-state index is -0.208. The molecule has 1 saturated heterocycles. The molecule has 3 amide bonds. The van der Waals surface area contributed by atoms with Gasteiger partial charge in [0.1, 0.15) is 0 Å². The second-order valence-electron chi connectivity index (χ2n) is 8.05. The van der Waals surface area contributed by atoms with Gasteiger partial charge < -0.3 is 9.80 Å². The molecule has 1 aromatic carbocycles. The Kier molecular flexibility index (Phi) is 5.27. The molecular weight excluding hydrogens is 410 g/mol. The number of hydrogen-bond acceptors (Lipinski definition) is 5. The monoisotopic (exact) mass is 433 g/mol. The van der Waals surface area contributed by atoms with Crippen LogP contribution >= 0.6 is 22.9 Å². The van der Waals surface area contributed by atoms with Gasteiger partial charge in [-0.25, -0.2) is 9.78 Å². The number of anilines is 2. The normalized spacial score (nSPS) is 20.9. The molecule has 9 heteroatoms. The molecule has 4 rings (SSSR count). The molecule has 1 N–H and O–H groups in total. The SMILES string of the molecule is CN1CCC2(C1)CN(C(=O)Nc1nc(CC(=O)N(C)C)cs1)c1ccc(Cl)cc12. The van der Waals surface area contributed by atoms with Crippen LogP contribution in [0.25, 0.3) is 0 Å². The number of nitrogens with one attached hydrogen (secondary N) is 1. The highest BCUT2D eigenvalue weighted by molar-refractivity contribution is 7.14. The minimum absolute atomic E-state index is 0.0224. The number of rotatable bonds is 3. The van der Waals surface area contributed by atoms with Crippen molar-refractivity contribution in [2.45, 2.75) is 18.3 Å². The van der Waals surface area contributed by atoms with Crippen LogP contribution in [0.2, 0.25) is 5.02 Å². The maximum absolute atomic E-state index is 13.1. The summed E-state index contributed by atoms with van der Waals surface area (Å²) >= 11 is 7.60. The summed E-state index contributed by atoms with van der Waals surface area (Å²) in [6.07, 6.45) is 1.22. The van der Waals surface area contributed by atoms with Gasteiger partial charge in [0.25, 0.3) is 0 Å². The van der Waals surface area contributed by atoms with Gasteiger partial charge in [-0.15, -0.1) is 11.3 Å². The van der Waals surface area contributed by atoms with Gasteiger partial charge in [0, 0.05) is 48.7 Å². The second-order valence-corrected chi connectivity index (χ2v) is 9.35. The van der Waals surface area contributed by atoms with Crippen LogP contribution < -0.4 is 10.2 Å². The fourth-order valence-corrected chi connectivity index (χ4v) is 5.04. The number of carbonyl (C=O) groups is 2. The Morgan fingerprint density at radius 2 is 2.14 bits per heavy atom. The number of aromatic nitrogens is 1. The van der Waals surface area contributed by atoms with E-state index < -0.39 is 0 Å². The van der Waals surface area contributed by atoms with Gasteiger partial charge in [-0.05, 0) is 43.8 Å². The maximum Gasteiger partial charge on any atom is 0.328 e. The molecule has 2 aromatic rings. The van der Waals surface area contributed by atoms with Crippen molar-refractivity contribution in [2.75, 3.05) is 51.0 Å². The number of nitrogens with zero attached hydrogens (tertiary/aromatic N) is 4. The molecule has 0 bridgehead atoms. The number of halogens is 1. The van der Waals surface area contributed by atoms with Crippen LogP contribution in [0.5, 0.6) is 0 Å². The lowest BCUT2D eigenvalue weighted by Crippen LogP contribution is -2.40.